The Bertz CT molecular complexity index is 623. The standard InChI is InChI=1S/C16H19N3O2.2ClH/c1-11-4-6-12(7-5-11)15-14(18-10-21-15)16(20)19-13-3-2-8-17-9-13;;/h4-7,10,13,17H,2-3,8-9H2,1H3,(H,19,20);2*1H. The van der Waals surface area contributed by atoms with Gasteiger partial charge in [0, 0.05) is 18.2 Å². The first kappa shape index (κ1) is 19.5. The van der Waals surface area contributed by atoms with Crippen LogP contribution in [0.4, 0.5) is 0 Å². The molecule has 0 radical (unpaired) electrons. The molecule has 0 aliphatic carbocycles. The number of amides is 1. The fourth-order valence-corrected chi connectivity index (χ4v) is 2.55. The van der Waals surface area contributed by atoms with E-state index in [1.54, 1.807) is 0 Å². The van der Waals surface area contributed by atoms with Crippen molar-refractivity contribution in [2.24, 2.45) is 0 Å². The minimum atomic E-state index is -0.173. The zero-order valence-electron chi connectivity index (χ0n) is 12.9. The van der Waals surface area contributed by atoms with Gasteiger partial charge in [-0.05, 0) is 26.3 Å². The third kappa shape index (κ3) is 4.70. The van der Waals surface area contributed by atoms with Gasteiger partial charge in [-0.3, -0.25) is 4.79 Å². The molecule has 1 aromatic carbocycles. The number of nitrogens with one attached hydrogen (secondary N) is 2. The topological polar surface area (TPSA) is 67.2 Å². The van der Waals surface area contributed by atoms with Crippen molar-refractivity contribution in [2.75, 3.05) is 13.1 Å². The molecule has 7 heteroatoms. The monoisotopic (exact) mass is 357 g/mol. The quantitative estimate of drug-likeness (QED) is 0.885. The van der Waals surface area contributed by atoms with Crippen LogP contribution in [-0.4, -0.2) is 30.0 Å². The minimum Gasteiger partial charge on any atom is -0.443 e. The van der Waals surface area contributed by atoms with Crippen LogP contribution in [-0.2, 0) is 0 Å². The number of benzene rings is 1. The molecule has 1 saturated heterocycles. The predicted molar refractivity (Wildman–Crippen MR) is 94.5 cm³/mol. The number of aryl methyl sites for hydroxylation is 1. The van der Waals surface area contributed by atoms with E-state index in [1.165, 1.54) is 6.39 Å². The maximum Gasteiger partial charge on any atom is 0.274 e. The molecular weight excluding hydrogens is 337 g/mol. The van der Waals surface area contributed by atoms with Gasteiger partial charge in [-0.1, -0.05) is 29.8 Å². The number of carbonyl (C=O) groups is 1. The van der Waals surface area contributed by atoms with E-state index in [4.69, 9.17) is 4.42 Å². The number of hydrogen-bond donors (Lipinski definition) is 2. The van der Waals surface area contributed by atoms with Gasteiger partial charge in [0.05, 0.1) is 0 Å². The van der Waals surface area contributed by atoms with Crippen molar-refractivity contribution in [3.05, 3.63) is 41.9 Å². The number of halogens is 2. The van der Waals surface area contributed by atoms with Gasteiger partial charge in [0.1, 0.15) is 0 Å². The summed E-state index contributed by atoms with van der Waals surface area (Å²) < 4.78 is 5.41. The van der Waals surface area contributed by atoms with Gasteiger partial charge in [0.15, 0.2) is 17.8 Å². The number of nitrogens with zero attached hydrogens (tertiary/aromatic N) is 1. The molecule has 0 spiro atoms. The second kappa shape index (κ2) is 8.91. The van der Waals surface area contributed by atoms with Gasteiger partial charge < -0.3 is 15.1 Å². The van der Waals surface area contributed by atoms with Crippen molar-refractivity contribution in [1.82, 2.24) is 15.6 Å². The fraction of sp³-hybridized carbons (Fsp3) is 0.375. The Hall–Kier alpha value is -1.56. The Labute approximate surface area is 148 Å². The lowest BCUT2D eigenvalue weighted by molar-refractivity contribution is 0.0926. The first-order valence-corrected chi connectivity index (χ1v) is 7.26. The highest BCUT2D eigenvalue weighted by atomic mass is 35.5. The van der Waals surface area contributed by atoms with Crippen LogP contribution in [0.2, 0.25) is 0 Å². The van der Waals surface area contributed by atoms with E-state index >= 15 is 0 Å². The predicted octanol–water partition coefficient (Wildman–Crippen LogP) is 2.98. The summed E-state index contributed by atoms with van der Waals surface area (Å²) in [5, 5.41) is 6.30. The average Bonchev–Trinajstić information content (AvgIpc) is 2.98. The van der Waals surface area contributed by atoms with Crippen LogP contribution < -0.4 is 10.6 Å². The first-order chi connectivity index (χ1) is 10.2. The van der Waals surface area contributed by atoms with Crippen LogP contribution >= 0.6 is 24.8 Å². The average molecular weight is 358 g/mol. The van der Waals surface area contributed by atoms with Crippen molar-refractivity contribution in [3.63, 3.8) is 0 Å². The molecule has 2 N–H and O–H groups in total. The Morgan fingerprint density at radius 1 is 1.30 bits per heavy atom. The highest BCUT2D eigenvalue weighted by molar-refractivity contribution is 5.97. The van der Waals surface area contributed by atoms with E-state index in [-0.39, 0.29) is 36.8 Å². The van der Waals surface area contributed by atoms with E-state index in [2.05, 4.69) is 15.6 Å². The lowest BCUT2D eigenvalue weighted by atomic mass is 10.1. The summed E-state index contributed by atoms with van der Waals surface area (Å²) >= 11 is 0. The summed E-state index contributed by atoms with van der Waals surface area (Å²) in [6.07, 6.45) is 3.40. The molecular formula is C16H21Cl2N3O2. The minimum absolute atomic E-state index is 0. The van der Waals surface area contributed by atoms with Crippen LogP contribution in [0.3, 0.4) is 0 Å². The molecule has 2 aromatic rings. The number of piperidine rings is 1. The van der Waals surface area contributed by atoms with Gasteiger partial charge in [-0.15, -0.1) is 24.8 Å². The molecule has 1 fully saturated rings. The van der Waals surface area contributed by atoms with Crippen LogP contribution in [0.5, 0.6) is 0 Å². The highest BCUT2D eigenvalue weighted by Crippen LogP contribution is 2.23. The summed E-state index contributed by atoms with van der Waals surface area (Å²) in [5.41, 5.74) is 2.38. The van der Waals surface area contributed by atoms with Crippen LogP contribution in [0.1, 0.15) is 28.9 Å². The van der Waals surface area contributed by atoms with Crippen LogP contribution in [0, 0.1) is 6.92 Å². The maximum atomic E-state index is 12.4. The Morgan fingerprint density at radius 3 is 2.70 bits per heavy atom. The van der Waals surface area contributed by atoms with E-state index in [9.17, 15) is 4.79 Å². The summed E-state index contributed by atoms with van der Waals surface area (Å²) in [7, 11) is 0. The molecule has 0 bridgehead atoms. The lowest BCUT2D eigenvalue weighted by Gasteiger charge is -2.23. The molecule has 1 unspecified atom stereocenters. The number of hydrogen-bond acceptors (Lipinski definition) is 4. The van der Waals surface area contributed by atoms with Crippen LogP contribution in [0.25, 0.3) is 11.3 Å². The number of oxazole rings is 1. The zero-order chi connectivity index (χ0) is 14.7. The Balaban J connectivity index is 0.00000132. The molecule has 1 atom stereocenters. The Morgan fingerprint density at radius 2 is 2.04 bits per heavy atom. The summed E-state index contributed by atoms with van der Waals surface area (Å²) in [6.45, 7) is 3.85. The maximum absolute atomic E-state index is 12.4. The molecule has 23 heavy (non-hydrogen) atoms. The molecule has 1 aliphatic rings. The van der Waals surface area contributed by atoms with Gasteiger partial charge in [0.2, 0.25) is 0 Å². The van der Waals surface area contributed by atoms with Crippen molar-refractivity contribution in [3.8, 4) is 11.3 Å². The van der Waals surface area contributed by atoms with Crippen molar-refractivity contribution < 1.29 is 9.21 Å². The molecule has 1 aliphatic heterocycles. The molecule has 2 heterocycles. The molecule has 0 saturated carbocycles. The highest BCUT2D eigenvalue weighted by Gasteiger charge is 2.22. The molecule has 5 nitrogen and oxygen atoms in total. The normalized spacial score (nSPS) is 16.8. The van der Waals surface area contributed by atoms with E-state index < -0.39 is 0 Å². The Kier molecular flexibility index (Phi) is 7.55. The van der Waals surface area contributed by atoms with Gasteiger partial charge in [-0.2, -0.15) is 0 Å². The SMILES string of the molecule is Cc1ccc(-c2ocnc2C(=O)NC2CCCNC2)cc1.Cl.Cl. The van der Waals surface area contributed by atoms with Gasteiger partial charge in [-0.25, -0.2) is 4.98 Å². The molecule has 1 aromatic heterocycles. The second-order valence-corrected chi connectivity index (χ2v) is 5.41. The van der Waals surface area contributed by atoms with Crippen molar-refractivity contribution in [1.29, 1.82) is 0 Å². The van der Waals surface area contributed by atoms with E-state index in [1.807, 2.05) is 31.2 Å². The first-order valence-electron chi connectivity index (χ1n) is 7.26. The molecule has 1 amide bonds. The number of carbonyl (C=O) groups excluding carboxylic acids is 1. The molecule has 126 valence electrons. The number of rotatable bonds is 3. The largest absolute Gasteiger partial charge is 0.443 e. The van der Waals surface area contributed by atoms with Gasteiger partial charge in [0.25, 0.3) is 5.91 Å². The zero-order valence-corrected chi connectivity index (χ0v) is 14.5. The van der Waals surface area contributed by atoms with Crippen LogP contribution in [0.15, 0.2) is 35.1 Å². The summed E-state index contributed by atoms with van der Waals surface area (Å²) in [5.74, 6) is 0.351. The molecule has 3 rings (SSSR count). The lowest BCUT2D eigenvalue weighted by Crippen LogP contribution is -2.45. The summed E-state index contributed by atoms with van der Waals surface area (Å²) in [4.78, 5) is 16.5. The number of aromatic nitrogens is 1. The summed E-state index contributed by atoms with van der Waals surface area (Å²) in [6, 6.07) is 8.02. The third-order valence-electron chi connectivity index (χ3n) is 3.73. The third-order valence-corrected chi connectivity index (χ3v) is 3.73. The van der Waals surface area contributed by atoms with E-state index in [0.29, 0.717) is 11.5 Å². The van der Waals surface area contributed by atoms with Crippen molar-refractivity contribution >= 4 is 30.7 Å². The van der Waals surface area contributed by atoms with Gasteiger partial charge >= 0.3 is 0 Å². The second-order valence-electron chi connectivity index (χ2n) is 5.41. The van der Waals surface area contributed by atoms with Crippen molar-refractivity contribution in [2.45, 2.75) is 25.8 Å². The smallest absolute Gasteiger partial charge is 0.274 e. The fourth-order valence-electron chi connectivity index (χ4n) is 2.55. The van der Waals surface area contributed by atoms with E-state index in [0.717, 1.165) is 37.1 Å².